The summed E-state index contributed by atoms with van der Waals surface area (Å²) in [6, 6.07) is 8.17. The lowest BCUT2D eigenvalue weighted by Gasteiger charge is -2.11. The van der Waals surface area contributed by atoms with Crippen molar-refractivity contribution in [3.63, 3.8) is 0 Å². The van der Waals surface area contributed by atoms with E-state index in [1.165, 1.54) is 25.7 Å². The van der Waals surface area contributed by atoms with E-state index in [1.54, 1.807) is 10.9 Å². The number of hydrogen-bond acceptors (Lipinski definition) is 3. The fraction of sp³-hybridized carbons (Fsp3) is 0.429. The number of anilines is 1. The Kier molecular flexibility index (Phi) is 4.76. The van der Waals surface area contributed by atoms with Crippen molar-refractivity contribution in [2.24, 2.45) is 0 Å². The number of nitrogens with one attached hydrogen (secondary N) is 1. The van der Waals surface area contributed by atoms with E-state index in [2.05, 4.69) is 28.6 Å². The molecule has 0 spiro atoms. The van der Waals surface area contributed by atoms with Crippen LogP contribution in [-0.2, 0) is 0 Å². The number of benzene rings is 1. The van der Waals surface area contributed by atoms with Gasteiger partial charge in [0, 0.05) is 6.54 Å². The molecule has 0 fully saturated rings. The molecule has 0 aliphatic heterocycles. The van der Waals surface area contributed by atoms with Gasteiger partial charge in [0.1, 0.15) is 0 Å². The minimum atomic E-state index is 1.01. The van der Waals surface area contributed by atoms with Crippen molar-refractivity contribution in [1.29, 1.82) is 0 Å². The van der Waals surface area contributed by atoms with Crippen molar-refractivity contribution in [3.05, 3.63) is 36.7 Å². The molecule has 2 rings (SSSR count). The van der Waals surface area contributed by atoms with E-state index < -0.39 is 0 Å². The number of para-hydroxylation sites is 2. The third kappa shape index (κ3) is 3.32. The van der Waals surface area contributed by atoms with Crippen molar-refractivity contribution in [2.75, 3.05) is 11.9 Å². The molecule has 2 aromatic rings. The number of rotatable bonds is 7. The molecule has 4 heteroatoms. The van der Waals surface area contributed by atoms with Gasteiger partial charge in [0.15, 0.2) is 0 Å². The summed E-state index contributed by atoms with van der Waals surface area (Å²) in [7, 11) is 0. The fourth-order valence-corrected chi connectivity index (χ4v) is 1.93. The Morgan fingerprint density at radius 3 is 2.83 bits per heavy atom. The molecule has 1 heterocycles. The molecule has 1 aromatic carbocycles. The molecule has 0 radical (unpaired) electrons. The summed E-state index contributed by atoms with van der Waals surface area (Å²) < 4.78 is 1.79. The molecule has 0 aliphatic rings. The van der Waals surface area contributed by atoms with Crippen LogP contribution in [0.1, 0.15) is 32.6 Å². The van der Waals surface area contributed by atoms with Gasteiger partial charge in [0.05, 0.1) is 23.8 Å². The second kappa shape index (κ2) is 6.79. The van der Waals surface area contributed by atoms with Gasteiger partial charge in [0.25, 0.3) is 0 Å². The first-order valence-electron chi connectivity index (χ1n) is 6.61. The first-order chi connectivity index (χ1) is 8.92. The first kappa shape index (κ1) is 12.6. The Morgan fingerprint density at radius 1 is 1.17 bits per heavy atom. The van der Waals surface area contributed by atoms with Gasteiger partial charge in [-0.25, -0.2) is 4.68 Å². The van der Waals surface area contributed by atoms with Crippen LogP contribution in [0.4, 0.5) is 5.69 Å². The molecule has 4 nitrogen and oxygen atoms in total. The van der Waals surface area contributed by atoms with Crippen molar-refractivity contribution in [3.8, 4) is 5.69 Å². The Balaban J connectivity index is 1.96. The van der Waals surface area contributed by atoms with E-state index in [9.17, 15) is 0 Å². The first-order valence-corrected chi connectivity index (χ1v) is 6.61. The molecular formula is C14H20N4. The van der Waals surface area contributed by atoms with Gasteiger partial charge < -0.3 is 5.32 Å². The number of aromatic nitrogens is 3. The van der Waals surface area contributed by atoms with Crippen molar-refractivity contribution in [2.45, 2.75) is 32.6 Å². The predicted octanol–water partition coefficient (Wildman–Crippen LogP) is 3.26. The quantitative estimate of drug-likeness (QED) is 0.760. The van der Waals surface area contributed by atoms with Gasteiger partial charge in [-0.2, -0.15) is 0 Å². The molecule has 96 valence electrons. The Morgan fingerprint density at radius 2 is 2.06 bits per heavy atom. The van der Waals surface area contributed by atoms with E-state index in [4.69, 9.17) is 0 Å². The SMILES string of the molecule is CCCCCCNc1ccccc1-n1ccnn1. The molecule has 0 bridgehead atoms. The summed E-state index contributed by atoms with van der Waals surface area (Å²) >= 11 is 0. The van der Waals surface area contributed by atoms with Crippen LogP contribution in [0.25, 0.3) is 5.69 Å². The van der Waals surface area contributed by atoms with E-state index >= 15 is 0 Å². The summed E-state index contributed by atoms with van der Waals surface area (Å²) in [5, 5.41) is 11.3. The van der Waals surface area contributed by atoms with Crippen LogP contribution in [-0.4, -0.2) is 21.5 Å². The summed E-state index contributed by atoms with van der Waals surface area (Å²) in [6.07, 6.45) is 8.63. The van der Waals surface area contributed by atoms with Crippen molar-refractivity contribution >= 4 is 5.69 Å². The van der Waals surface area contributed by atoms with Gasteiger partial charge in [0.2, 0.25) is 0 Å². The third-order valence-corrected chi connectivity index (χ3v) is 2.92. The van der Waals surface area contributed by atoms with E-state index in [-0.39, 0.29) is 0 Å². The standard InChI is InChI=1S/C14H20N4/c1-2-3-4-7-10-15-13-8-5-6-9-14(13)18-12-11-16-17-18/h5-6,8-9,11-12,15H,2-4,7,10H2,1H3. The summed E-state index contributed by atoms with van der Waals surface area (Å²) in [5.74, 6) is 0. The second-order valence-corrected chi connectivity index (χ2v) is 4.35. The summed E-state index contributed by atoms with van der Waals surface area (Å²) in [4.78, 5) is 0. The highest BCUT2D eigenvalue weighted by Gasteiger charge is 2.03. The van der Waals surface area contributed by atoms with Crippen LogP contribution in [0.3, 0.4) is 0 Å². The maximum atomic E-state index is 4.03. The zero-order chi connectivity index (χ0) is 12.6. The van der Waals surface area contributed by atoms with E-state index in [1.807, 2.05) is 24.4 Å². The highest BCUT2D eigenvalue weighted by Crippen LogP contribution is 2.18. The molecule has 0 amide bonds. The zero-order valence-electron chi connectivity index (χ0n) is 10.8. The Labute approximate surface area is 108 Å². The van der Waals surface area contributed by atoms with Gasteiger partial charge in [-0.1, -0.05) is 43.5 Å². The Bertz CT molecular complexity index is 451. The van der Waals surface area contributed by atoms with Crippen molar-refractivity contribution in [1.82, 2.24) is 15.0 Å². The third-order valence-electron chi connectivity index (χ3n) is 2.92. The Hall–Kier alpha value is -1.84. The topological polar surface area (TPSA) is 42.7 Å². The molecule has 1 N–H and O–H groups in total. The molecule has 0 aliphatic carbocycles. The van der Waals surface area contributed by atoms with Crippen LogP contribution in [0, 0.1) is 0 Å². The van der Waals surface area contributed by atoms with Crippen molar-refractivity contribution < 1.29 is 0 Å². The highest BCUT2D eigenvalue weighted by atomic mass is 15.4. The lowest BCUT2D eigenvalue weighted by Crippen LogP contribution is -2.06. The lowest BCUT2D eigenvalue weighted by atomic mass is 10.2. The van der Waals surface area contributed by atoms with Gasteiger partial charge >= 0.3 is 0 Å². The molecule has 18 heavy (non-hydrogen) atoms. The highest BCUT2D eigenvalue weighted by molar-refractivity contribution is 5.60. The van der Waals surface area contributed by atoms with E-state index in [0.717, 1.165) is 17.9 Å². The fourth-order valence-electron chi connectivity index (χ4n) is 1.93. The average molecular weight is 244 g/mol. The normalized spacial score (nSPS) is 10.5. The summed E-state index contributed by atoms with van der Waals surface area (Å²) in [6.45, 7) is 3.24. The average Bonchev–Trinajstić information content (AvgIpc) is 2.93. The molecular weight excluding hydrogens is 224 g/mol. The predicted molar refractivity (Wildman–Crippen MR) is 74.0 cm³/mol. The van der Waals surface area contributed by atoms with Gasteiger partial charge in [-0.15, -0.1) is 5.10 Å². The summed E-state index contributed by atoms with van der Waals surface area (Å²) in [5.41, 5.74) is 2.16. The van der Waals surface area contributed by atoms with Crippen LogP contribution in [0.2, 0.25) is 0 Å². The smallest absolute Gasteiger partial charge is 0.0894 e. The lowest BCUT2D eigenvalue weighted by molar-refractivity contribution is 0.684. The minimum absolute atomic E-state index is 1.01. The van der Waals surface area contributed by atoms with Crippen LogP contribution in [0.15, 0.2) is 36.7 Å². The van der Waals surface area contributed by atoms with Gasteiger partial charge in [-0.3, -0.25) is 0 Å². The zero-order valence-corrected chi connectivity index (χ0v) is 10.8. The van der Waals surface area contributed by atoms with Crippen LogP contribution in [0.5, 0.6) is 0 Å². The largest absolute Gasteiger partial charge is 0.383 e. The number of unbranched alkanes of at least 4 members (excludes halogenated alkanes) is 3. The van der Waals surface area contributed by atoms with Gasteiger partial charge in [-0.05, 0) is 18.6 Å². The maximum Gasteiger partial charge on any atom is 0.0894 e. The van der Waals surface area contributed by atoms with E-state index in [0.29, 0.717) is 0 Å². The maximum absolute atomic E-state index is 4.03. The van der Waals surface area contributed by atoms with Crippen LogP contribution >= 0.6 is 0 Å². The second-order valence-electron chi connectivity index (χ2n) is 4.35. The molecule has 0 saturated heterocycles. The monoisotopic (exact) mass is 244 g/mol. The molecule has 0 saturated carbocycles. The minimum Gasteiger partial charge on any atom is -0.383 e. The molecule has 1 aromatic heterocycles. The van der Waals surface area contributed by atoms with Crippen LogP contribution < -0.4 is 5.32 Å². The number of nitrogens with zero attached hydrogens (tertiary/aromatic N) is 3. The molecule has 0 atom stereocenters. The number of hydrogen-bond donors (Lipinski definition) is 1. The molecule has 0 unspecified atom stereocenters.